The number of anilines is 1. The molecule has 11 nitrogen and oxygen atoms in total. The highest BCUT2D eigenvalue weighted by atomic mass is 16.3. The summed E-state index contributed by atoms with van der Waals surface area (Å²) < 4.78 is 6.33. The number of hydrogen-bond donors (Lipinski definition) is 3. The minimum atomic E-state index is -0.790. The molecule has 0 amide bonds. The van der Waals surface area contributed by atoms with Crippen LogP contribution in [0, 0.1) is 17.8 Å². The first-order chi connectivity index (χ1) is 22.9. The summed E-state index contributed by atoms with van der Waals surface area (Å²) >= 11 is 0. The van der Waals surface area contributed by atoms with Gasteiger partial charge in [0.2, 0.25) is 0 Å². The molecule has 0 bridgehead atoms. The first-order valence-corrected chi connectivity index (χ1v) is 16.7. The smallest absolute Gasteiger partial charge is 0.167 e. The van der Waals surface area contributed by atoms with Crippen LogP contribution in [-0.2, 0) is 29.1 Å². The number of nitrogens with zero attached hydrogens (tertiary/aromatic N) is 3. The molecule has 1 aromatic heterocycles. The van der Waals surface area contributed by atoms with Gasteiger partial charge in [-0.05, 0) is 81.4 Å². The number of ketones is 3. The van der Waals surface area contributed by atoms with Crippen LogP contribution in [0.4, 0.5) is 5.69 Å². The zero-order chi connectivity index (χ0) is 35.0. The first-order valence-electron chi connectivity index (χ1n) is 16.7. The highest BCUT2D eigenvalue weighted by Gasteiger charge is 2.36. The zero-order valence-electron chi connectivity index (χ0n) is 29.4. The third-order valence-corrected chi connectivity index (χ3v) is 9.27. The molecular weight excluding hydrogens is 626 g/mol. The number of carbonyl (C=O) groups excluding carboxylic acids is 3. The predicted molar refractivity (Wildman–Crippen MR) is 194 cm³/mol. The lowest BCUT2D eigenvalue weighted by Gasteiger charge is -2.33. The molecule has 5 N–H and O–H groups in total. The summed E-state index contributed by atoms with van der Waals surface area (Å²) in [5.41, 5.74) is 3.46. The summed E-state index contributed by atoms with van der Waals surface area (Å²) in [5, 5.41) is 31.4. The van der Waals surface area contributed by atoms with Crippen molar-refractivity contribution in [2.75, 3.05) is 59.4 Å². The molecule has 3 aromatic rings. The van der Waals surface area contributed by atoms with E-state index in [0.29, 0.717) is 30.7 Å². The van der Waals surface area contributed by atoms with E-state index in [1.165, 1.54) is 12.5 Å². The molecule has 3 atom stereocenters. The van der Waals surface area contributed by atoms with Gasteiger partial charge in [-0.1, -0.05) is 30.3 Å². The average Bonchev–Trinajstić information content (AvgIpc) is 3.48. The summed E-state index contributed by atoms with van der Waals surface area (Å²) in [6, 6.07) is 15.9. The molecule has 0 saturated carbocycles. The van der Waals surface area contributed by atoms with Gasteiger partial charge in [0.15, 0.2) is 5.78 Å². The monoisotopic (exact) mass is 683 g/mol. The van der Waals surface area contributed by atoms with Crippen molar-refractivity contribution in [2.24, 2.45) is 17.8 Å². The minimum Gasteiger partial charge on any atom is -0.506 e. The van der Waals surface area contributed by atoms with Crippen molar-refractivity contribution in [3.05, 3.63) is 71.0 Å². The maximum absolute atomic E-state index is 13.8. The van der Waals surface area contributed by atoms with E-state index in [9.17, 15) is 29.7 Å². The van der Waals surface area contributed by atoms with Gasteiger partial charge in [0, 0.05) is 61.2 Å². The van der Waals surface area contributed by atoms with Crippen LogP contribution >= 0.6 is 0 Å². The zero-order valence-corrected chi connectivity index (χ0v) is 29.4. The van der Waals surface area contributed by atoms with E-state index in [-0.39, 0.29) is 74.7 Å². The fourth-order valence-electron chi connectivity index (χ4n) is 6.88. The molecule has 2 aromatic carbocycles. The number of fused-ring (bicyclic) bond motifs is 1. The van der Waals surface area contributed by atoms with Crippen LogP contribution in [0.1, 0.15) is 62.7 Å². The van der Waals surface area contributed by atoms with E-state index < -0.39 is 12.5 Å². The van der Waals surface area contributed by atoms with Gasteiger partial charge in [0.1, 0.15) is 28.8 Å². The number of furan rings is 1. The predicted octanol–water partition coefficient (Wildman–Crippen LogP) is 4.24. The molecule has 11 heteroatoms. The lowest BCUT2D eigenvalue weighted by molar-refractivity contribution is -0.131. The van der Waals surface area contributed by atoms with E-state index >= 15 is 0 Å². The molecule has 272 valence electrons. The van der Waals surface area contributed by atoms with Crippen molar-refractivity contribution in [1.29, 1.82) is 0 Å². The van der Waals surface area contributed by atoms with Gasteiger partial charge in [0.25, 0.3) is 0 Å². The number of rotatable bonds is 18. The number of likely N-dealkylation sites (N-methyl/N-ethyl adjacent to an activating group) is 1. The second kappa shape index (κ2) is 18.2. The van der Waals surface area contributed by atoms with E-state index in [0.717, 1.165) is 36.6 Å². The minimum absolute atomic E-state index is 0. The van der Waals surface area contributed by atoms with E-state index in [1.807, 2.05) is 69.5 Å². The van der Waals surface area contributed by atoms with E-state index in [4.69, 9.17) is 4.42 Å². The Labute approximate surface area is 292 Å². The standard InChI is InChI=1S/C38H51N3O7.H2O.2H2/c1-25(44)17-34(45)32(24-43)28(13-16-42)18-27-19-30-33(40(4)5)21-31(38(47)37(30)35(46)20-27)36-12-11-29(48-36)23-41(15-14-39(2)3)22-26-9-7-6-8-10-26;;;/h6-12,21,27-28,32,42-43,47H,13-20,22-24H2,1-5H3;1H2;2*1H. The Balaban J connectivity index is 0.00000433. The summed E-state index contributed by atoms with van der Waals surface area (Å²) in [7, 11) is 7.88. The van der Waals surface area contributed by atoms with Crippen LogP contribution in [-0.4, -0.2) is 102 Å². The Kier molecular flexibility index (Phi) is 14.7. The number of phenolic OH excluding ortho intramolecular Hbond substituents is 1. The first kappa shape index (κ1) is 39.6. The quantitative estimate of drug-likeness (QED) is 0.165. The molecule has 0 aliphatic heterocycles. The SMILES string of the molecule is CC(=O)CC(=O)C(CO)C(CCO)CC1CC(=O)c2c(O)c(-c3ccc(CN(CCN(C)C)Cc4ccccc4)o3)cc(N(C)C)c2C1.O.[HH].[HH]. The lowest BCUT2D eigenvalue weighted by Crippen LogP contribution is -2.33. The van der Waals surface area contributed by atoms with Crippen molar-refractivity contribution < 1.29 is 42.4 Å². The molecule has 4 rings (SSSR count). The molecule has 0 fully saturated rings. The van der Waals surface area contributed by atoms with Gasteiger partial charge in [-0.3, -0.25) is 19.3 Å². The number of aliphatic hydroxyl groups is 2. The average molecular weight is 684 g/mol. The molecule has 0 saturated heterocycles. The lowest BCUT2D eigenvalue weighted by atomic mass is 9.73. The largest absolute Gasteiger partial charge is 0.506 e. The number of aliphatic hydroxyl groups excluding tert-OH is 2. The molecule has 1 aliphatic carbocycles. The van der Waals surface area contributed by atoms with Gasteiger partial charge >= 0.3 is 0 Å². The fraction of sp³-hybridized carbons (Fsp3) is 0.500. The van der Waals surface area contributed by atoms with Gasteiger partial charge in [-0.25, -0.2) is 0 Å². The number of carbonyl (C=O) groups is 3. The third-order valence-electron chi connectivity index (χ3n) is 9.27. The molecule has 1 heterocycles. The normalized spacial score (nSPS) is 15.5. The Bertz CT molecular complexity index is 1560. The van der Waals surface area contributed by atoms with Gasteiger partial charge in [0.05, 0.1) is 30.7 Å². The number of phenols is 1. The Morgan fingerprint density at radius 2 is 1.71 bits per heavy atom. The summed E-state index contributed by atoms with van der Waals surface area (Å²) in [5.74, 6) is -1.04. The van der Waals surface area contributed by atoms with Gasteiger partial charge < -0.3 is 35.0 Å². The Morgan fingerprint density at radius 3 is 2.33 bits per heavy atom. The van der Waals surface area contributed by atoms with Crippen LogP contribution in [0.15, 0.2) is 52.9 Å². The summed E-state index contributed by atoms with van der Waals surface area (Å²) in [6.45, 7) is 3.80. The van der Waals surface area contributed by atoms with E-state index in [1.54, 1.807) is 0 Å². The van der Waals surface area contributed by atoms with Crippen LogP contribution < -0.4 is 4.90 Å². The Morgan fingerprint density at radius 1 is 1.00 bits per heavy atom. The molecule has 1 aliphatic rings. The van der Waals surface area contributed by atoms with Crippen molar-refractivity contribution in [1.82, 2.24) is 9.80 Å². The fourth-order valence-corrected chi connectivity index (χ4v) is 6.88. The van der Waals surface area contributed by atoms with Crippen molar-refractivity contribution in [3.63, 3.8) is 0 Å². The Hall–Kier alpha value is -3.87. The number of hydrogen-bond acceptors (Lipinski definition) is 10. The molecule has 3 unspecified atom stereocenters. The second-order valence-corrected chi connectivity index (χ2v) is 13.6. The van der Waals surface area contributed by atoms with Crippen molar-refractivity contribution in [2.45, 2.75) is 52.1 Å². The second-order valence-electron chi connectivity index (χ2n) is 13.6. The van der Waals surface area contributed by atoms with Crippen molar-refractivity contribution >= 4 is 23.0 Å². The van der Waals surface area contributed by atoms with Crippen LogP contribution in [0.2, 0.25) is 0 Å². The highest BCUT2D eigenvalue weighted by Crippen LogP contribution is 2.45. The van der Waals surface area contributed by atoms with Crippen LogP contribution in [0.25, 0.3) is 11.3 Å². The van der Waals surface area contributed by atoms with E-state index in [2.05, 4.69) is 21.9 Å². The van der Waals surface area contributed by atoms with Crippen molar-refractivity contribution in [3.8, 4) is 17.1 Å². The summed E-state index contributed by atoms with van der Waals surface area (Å²) in [4.78, 5) is 44.5. The molecule has 0 radical (unpaired) electrons. The van der Waals surface area contributed by atoms with Crippen LogP contribution in [0.3, 0.4) is 0 Å². The maximum atomic E-state index is 13.8. The molecule has 49 heavy (non-hydrogen) atoms. The molecular formula is C38H57N3O8. The molecule has 0 spiro atoms. The number of aromatic hydroxyl groups is 1. The topological polar surface area (TPSA) is 166 Å². The highest BCUT2D eigenvalue weighted by molar-refractivity contribution is 6.05. The van der Waals surface area contributed by atoms with Gasteiger partial charge in [-0.15, -0.1) is 0 Å². The number of benzene rings is 2. The van der Waals surface area contributed by atoms with Gasteiger partial charge in [-0.2, -0.15) is 0 Å². The number of Topliss-reactive ketones (excluding diaryl/α,β-unsaturated/α-hetero) is 3. The van der Waals surface area contributed by atoms with Crippen LogP contribution in [0.5, 0.6) is 5.75 Å². The maximum Gasteiger partial charge on any atom is 0.167 e. The summed E-state index contributed by atoms with van der Waals surface area (Å²) in [6.07, 6.45) is 1.06. The third kappa shape index (κ3) is 10.3.